The van der Waals surface area contributed by atoms with Gasteiger partial charge in [0, 0.05) is 37.3 Å². The highest BCUT2D eigenvalue weighted by molar-refractivity contribution is 7.92. The number of para-hydroxylation sites is 1. The molecule has 0 saturated carbocycles. The Morgan fingerprint density at radius 1 is 0.880 bits per heavy atom. The Morgan fingerprint density at radius 3 is 2.32 bits per heavy atom. The third-order valence-corrected chi connectivity index (χ3v) is 6.01. The Labute approximate surface area is 150 Å². The van der Waals surface area contributed by atoms with Gasteiger partial charge in [-0.3, -0.25) is 0 Å². The molecule has 1 aliphatic rings. The molecule has 1 aliphatic heterocycles. The monoisotopic (exact) mass is 356 g/mol. The van der Waals surface area contributed by atoms with Gasteiger partial charge < -0.3 is 4.90 Å². The van der Waals surface area contributed by atoms with Gasteiger partial charge in [-0.1, -0.05) is 48.0 Å². The Balaban J connectivity index is 1.67. The zero-order valence-corrected chi connectivity index (χ0v) is 15.3. The lowest BCUT2D eigenvalue weighted by molar-refractivity contribution is 0.440. The minimum Gasteiger partial charge on any atom is -0.370 e. The first-order valence-electron chi connectivity index (χ1n) is 8.59. The maximum Gasteiger partial charge on any atom is 0.236 e. The van der Waals surface area contributed by atoms with Gasteiger partial charge in [0.2, 0.25) is 10.0 Å². The van der Waals surface area contributed by atoms with E-state index in [0.717, 1.165) is 29.8 Å². The van der Waals surface area contributed by atoms with Crippen LogP contribution in [0, 0.1) is 6.92 Å². The molecule has 132 valence electrons. The van der Waals surface area contributed by atoms with Crippen LogP contribution in [0.3, 0.4) is 0 Å². The van der Waals surface area contributed by atoms with Crippen LogP contribution in [-0.4, -0.2) is 38.9 Å². The molecular weight excluding hydrogens is 332 g/mol. The molecule has 3 rings (SSSR count). The first-order chi connectivity index (χ1) is 12.0. The fourth-order valence-electron chi connectivity index (χ4n) is 2.97. The molecule has 4 nitrogen and oxygen atoms in total. The molecular formula is C20H24N2O2S. The van der Waals surface area contributed by atoms with E-state index < -0.39 is 10.0 Å². The van der Waals surface area contributed by atoms with Gasteiger partial charge in [-0.05, 0) is 37.1 Å². The number of hydrogen-bond donors (Lipinski definition) is 0. The minimum atomic E-state index is -3.39. The second-order valence-corrected chi connectivity index (χ2v) is 8.15. The van der Waals surface area contributed by atoms with Crippen molar-refractivity contribution in [2.45, 2.75) is 13.3 Å². The van der Waals surface area contributed by atoms with Crippen LogP contribution in [0.25, 0.3) is 6.08 Å². The summed E-state index contributed by atoms with van der Waals surface area (Å²) >= 11 is 0. The zero-order chi connectivity index (χ0) is 17.7. The average Bonchev–Trinajstić information content (AvgIpc) is 2.89. The zero-order valence-electron chi connectivity index (χ0n) is 14.5. The van der Waals surface area contributed by atoms with Crippen LogP contribution in [0.5, 0.6) is 0 Å². The van der Waals surface area contributed by atoms with Gasteiger partial charge in [0.05, 0.1) is 0 Å². The van der Waals surface area contributed by atoms with E-state index >= 15 is 0 Å². The molecule has 1 heterocycles. The highest BCUT2D eigenvalue weighted by Crippen LogP contribution is 2.18. The van der Waals surface area contributed by atoms with Crippen molar-refractivity contribution in [2.75, 3.05) is 31.1 Å². The smallest absolute Gasteiger partial charge is 0.236 e. The number of anilines is 1. The fourth-order valence-corrected chi connectivity index (χ4v) is 4.19. The number of aryl methyl sites for hydroxylation is 1. The lowest BCUT2D eigenvalue weighted by Crippen LogP contribution is -2.34. The van der Waals surface area contributed by atoms with Crippen molar-refractivity contribution in [2.24, 2.45) is 0 Å². The molecule has 1 fully saturated rings. The van der Waals surface area contributed by atoms with Crippen molar-refractivity contribution in [3.05, 3.63) is 71.1 Å². The number of sulfonamides is 1. The van der Waals surface area contributed by atoms with Crippen LogP contribution in [0.1, 0.15) is 17.5 Å². The molecule has 5 heteroatoms. The fraction of sp³-hybridized carbons (Fsp3) is 0.300. The summed E-state index contributed by atoms with van der Waals surface area (Å²) < 4.78 is 26.9. The minimum absolute atomic E-state index is 0.509. The van der Waals surface area contributed by atoms with Gasteiger partial charge in [-0.15, -0.1) is 0 Å². The number of nitrogens with zero attached hydrogens (tertiary/aromatic N) is 2. The maximum atomic E-state index is 12.6. The van der Waals surface area contributed by atoms with E-state index in [1.54, 1.807) is 10.4 Å². The molecule has 0 amide bonds. The van der Waals surface area contributed by atoms with Crippen LogP contribution < -0.4 is 4.90 Å². The van der Waals surface area contributed by atoms with Crippen molar-refractivity contribution in [3.8, 4) is 0 Å². The molecule has 0 aromatic heterocycles. The molecule has 1 saturated heterocycles. The summed E-state index contributed by atoms with van der Waals surface area (Å²) in [5.74, 6) is 0. The molecule has 0 bridgehead atoms. The first kappa shape index (κ1) is 17.7. The van der Waals surface area contributed by atoms with Crippen LogP contribution in [-0.2, 0) is 10.0 Å². The van der Waals surface area contributed by atoms with Crippen molar-refractivity contribution >= 4 is 21.8 Å². The third kappa shape index (κ3) is 4.71. The van der Waals surface area contributed by atoms with Crippen molar-refractivity contribution in [1.82, 2.24) is 4.31 Å². The van der Waals surface area contributed by atoms with Gasteiger partial charge in [-0.2, -0.15) is 4.31 Å². The number of hydrogen-bond acceptors (Lipinski definition) is 3. The van der Waals surface area contributed by atoms with Gasteiger partial charge in [0.1, 0.15) is 0 Å². The first-order valence-corrected chi connectivity index (χ1v) is 10.1. The largest absolute Gasteiger partial charge is 0.370 e. The SMILES string of the molecule is Cc1ccc(/C=C/S(=O)(=O)N2CCCN(c3ccccc3)CC2)cc1. The molecule has 0 spiro atoms. The highest BCUT2D eigenvalue weighted by atomic mass is 32.2. The summed E-state index contributed by atoms with van der Waals surface area (Å²) in [6, 6.07) is 18.0. The summed E-state index contributed by atoms with van der Waals surface area (Å²) in [5.41, 5.74) is 3.21. The quantitative estimate of drug-likeness (QED) is 0.842. The van der Waals surface area contributed by atoms with Crippen LogP contribution in [0.2, 0.25) is 0 Å². The van der Waals surface area contributed by atoms with Gasteiger partial charge in [0.25, 0.3) is 0 Å². The lowest BCUT2D eigenvalue weighted by atomic mass is 10.2. The number of rotatable bonds is 4. The lowest BCUT2D eigenvalue weighted by Gasteiger charge is -2.23. The summed E-state index contributed by atoms with van der Waals surface area (Å²) in [5, 5.41) is 1.33. The molecule has 0 unspecified atom stereocenters. The van der Waals surface area contributed by atoms with Crippen molar-refractivity contribution in [1.29, 1.82) is 0 Å². The van der Waals surface area contributed by atoms with Crippen LogP contribution in [0.15, 0.2) is 60.0 Å². The van der Waals surface area contributed by atoms with Crippen molar-refractivity contribution in [3.63, 3.8) is 0 Å². The van der Waals surface area contributed by atoms with Crippen molar-refractivity contribution < 1.29 is 8.42 Å². The Hall–Kier alpha value is -2.11. The predicted octanol–water partition coefficient (Wildman–Crippen LogP) is 3.51. The predicted molar refractivity (Wildman–Crippen MR) is 104 cm³/mol. The maximum absolute atomic E-state index is 12.6. The second-order valence-electron chi connectivity index (χ2n) is 6.33. The van der Waals surface area contributed by atoms with E-state index in [1.165, 1.54) is 5.41 Å². The molecule has 25 heavy (non-hydrogen) atoms. The van der Waals surface area contributed by atoms with E-state index in [0.29, 0.717) is 19.6 Å². The third-order valence-electron chi connectivity index (χ3n) is 4.45. The van der Waals surface area contributed by atoms with Crippen LogP contribution in [0.4, 0.5) is 5.69 Å². The summed E-state index contributed by atoms with van der Waals surface area (Å²) in [4.78, 5) is 2.25. The Morgan fingerprint density at radius 2 is 1.60 bits per heavy atom. The van der Waals surface area contributed by atoms with E-state index in [1.807, 2.05) is 49.4 Å². The molecule has 0 N–H and O–H groups in total. The topological polar surface area (TPSA) is 40.6 Å². The van der Waals surface area contributed by atoms with E-state index in [2.05, 4.69) is 17.0 Å². The van der Waals surface area contributed by atoms with E-state index in [4.69, 9.17) is 0 Å². The molecule has 0 atom stereocenters. The molecule has 2 aromatic rings. The summed E-state index contributed by atoms with van der Waals surface area (Å²) in [6.07, 6.45) is 2.50. The normalized spacial score (nSPS) is 16.9. The molecule has 0 radical (unpaired) electrons. The molecule has 2 aromatic carbocycles. The summed E-state index contributed by atoms with van der Waals surface area (Å²) in [7, 11) is -3.39. The van der Waals surface area contributed by atoms with Gasteiger partial charge in [-0.25, -0.2) is 8.42 Å². The standard InChI is InChI=1S/C20H24N2O2S/c1-18-8-10-19(11-9-18)12-17-25(23,24)22-14-5-13-21(15-16-22)20-6-3-2-4-7-20/h2-4,6-12,17H,5,13-16H2,1H3/b17-12+. The highest BCUT2D eigenvalue weighted by Gasteiger charge is 2.23. The Kier molecular flexibility index (Phi) is 5.56. The van der Waals surface area contributed by atoms with Gasteiger partial charge >= 0.3 is 0 Å². The average molecular weight is 356 g/mol. The van der Waals surface area contributed by atoms with E-state index in [9.17, 15) is 8.42 Å². The van der Waals surface area contributed by atoms with Gasteiger partial charge in [0.15, 0.2) is 0 Å². The second kappa shape index (κ2) is 7.85. The Bertz CT molecular complexity index is 815. The molecule has 0 aliphatic carbocycles. The van der Waals surface area contributed by atoms with E-state index in [-0.39, 0.29) is 0 Å². The summed E-state index contributed by atoms with van der Waals surface area (Å²) in [6.45, 7) is 4.67. The van der Waals surface area contributed by atoms with Crippen LogP contribution >= 0.6 is 0 Å². The number of benzene rings is 2.